The van der Waals surface area contributed by atoms with Crippen LogP contribution < -0.4 is 0 Å². The molecule has 0 aromatic carbocycles. The van der Waals surface area contributed by atoms with Crippen molar-refractivity contribution in [1.29, 1.82) is 0 Å². The third kappa shape index (κ3) is 21.6. The van der Waals surface area contributed by atoms with Crippen LogP contribution in [0.3, 0.4) is 0 Å². The first kappa shape index (κ1) is 31.0. The van der Waals surface area contributed by atoms with Crippen LogP contribution in [0.15, 0.2) is 0 Å². The summed E-state index contributed by atoms with van der Waals surface area (Å²) in [5.41, 5.74) is 0. The van der Waals surface area contributed by atoms with Gasteiger partial charge >= 0.3 is 0 Å². The number of unbranched alkanes of at least 4 members (excludes halogenated alkanes) is 18. The molecule has 0 saturated heterocycles. The maximum absolute atomic E-state index is 2.82. The molecule has 1 atom stereocenters. The third-order valence-corrected chi connectivity index (χ3v) is 7.23. The van der Waals surface area contributed by atoms with Crippen LogP contribution in [0.25, 0.3) is 0 Å². The van der Waals surface area contributed by atoms with Crippen LogP contribution in [0.1, 0.15) is 175 Å². The van der Waals surface area contributed by atoms with Crippen LogP contribution in [-0.4, -0.2) is 24.0 Å². The molecule has 0 aromatic heterocycles. The Kier molecular flexibility index (Phi) is 26.2. The minimum atomic E-state index is 0.842. The monoisotopic (exact) mass is 437 g/mol. The normalized spacial score (nSPS) is 12.7. The lowest BCUT2D eigenvalue weighted by Gasteiger charge is -2.31. The van der Waals surface area contributed by atoms with Gasteiger partial charge in [0.05, 0.1) is 0 Å². The zero-order chi connectivity index (χ0) is 22.8. The number of hydrogen-bond donors (Lipinski definition) is 0. The lowest BCUT2D eigenvalue weighted by atomic mass is 10.0. The highest BCUT2D eigenvalue weighted by atomic mass is 15.1. The van der Waals surface area contributed by atoms with Crippen molar-refractivity contribution in [3.8, 4) is 0 Å². The van der Waals surface area contributed by atoms with E-state index >= 15 is 0 Å². The van der Waals surface area contributed by atoms with Gasteiger partial charge in [0.15, 0.2) is 0 Å². The Bertz CT molecular complexity index is 306. The second kappa shape index (κ2) is 26.2. The molecule has 0 aliphatic heterocycles. The zero-order valence-electron chi connectivity index (χ0n) is 22.7. The topological polar surface area (TPSA) is 3.24 Å². The summed E-state index contributed by atoms with van der Waals surface area (Å²) >= 11 is 0. The lowest BCUT2D eigenvalue weighted by molar-refractivity contribution is 0.173. The Morgan fingerprint density at radius 3 is 1.03 bits per heavy atom. The summed E-state index contributed by atoms with van der Waals surface area (Å²) in [6.45, 7) is 12.0. The van der Waals surface area contributed by atoms with Crippen LogP contribution in [0.4, 0.5) is 0 Å². The van der Waals surface area contributed by atoms with Gasteiger partial charge in [-0.15, -0.1) is 0 Å². The highest BCUT2D eigenvalue weighted by molar-refractivity contribution is 4.71. The molecule has 0 saturated carbocycles. The second-order valence-corrected chi connectivity index (χ2v) is 10.3. The van der Waals surface area contributed by atoms with Crippen LogP contribution in [0.2, 0.25) is 0 Å². The molecule has 1 nitrogen and oxygen atoms in total. The first-order valence-electron chi connectivity index (χ1n) is 15.0. The fraction of sp³-hybridized carbons (Fsp3) is 1.00. The van der Waals surface area contributed by atoms with E-state index < -0.39 is 0 Å². The highest BCUT2D eigenvalue weighted by Crippen LogP contribution is 2.18. The predicted molar refractivity (Wildman–Crippen MR) is 144 cm³/mol. The van der Waals surface area contributed by atoms with E-state index in [1.54, 1.807) is 0 Å². The van der Waals surface area contributed by atoms with Gasteiger partial charge in [-0.1, -0.05) is 150 Å². The minimum Gasteiger partial charge on any atom is -0.300 e. The molecule has 0 rings (SSSR count). The molecular formula is C30H63N. The summed E-state index contributed by atoms with van der Waals surface area (Å²) in [6.07, 6.45) is 33.1. The molecule has 0 amide bonds. The molecule has 0 aliphatic rings. The first-order valence-corrected chi connectivity index (χ1v) is 15.0. The Hall–Kier alpha value is -0.0400. The maximum atomic E-state index is 2.82. The summed E-state index contributed by atoms with van der Waals surface area (Å²) in [6, 6.07) is 0.842. The van der Waals surface area contributed by atoms with Crippen LogP contribution in [0, 0.1) is 0 Å². The summed E-state index contributed by atoms with van der Waals surface area (Å²) in [5.74, 6) is 0. The summed E-state index contributed by atoms with van der Waals surface area (Å²) in [4.78, 5) is 2.82. The second-order valence-electron chi connectivity index (χ2n) is 10.3. The molecule has 1 heteroatoms. The average molecular weight is 438 g/mol. The van der Waals surface area contributed by atoms with Crippen LogP contribution in [0.5, 0.6) is 0 Å². The predicted octanol–water partition coefficient (Wildman–Crippen LogP) is 10.7. The molecule has 0 fully saturated rings. The van der Waals surface area contributed by atoms with Gasteiger partial charge in [-0.25, -0.2) is 0 Å². The lowest BCUT2D eigenvalue weighted by Crippen LogP contribution is -2.36. The molecule has 0 radical (unpaired) electrons. The van der Waals surface area contributed by atoms with Crippen molar-refractivity contribution in [3.63, 3.8) is 0 Å². The number of rotatable bonds is 26. The SMILES string of the molecule is CCCCCCCCCCCCCCCCCCCC(CC)N(CCCC)CCCC. The van der Waals surface area contributed by atoms with E-state index in [9.17, 15) is 0 Å². The van der Waals surface area contributed by atoms with E-state index in [1.165, 1.54) is 161 Å². The van der Waals surface area contributed by atoms with Crippen molar-refractivity contribution in [2.75, 3.05) is 13.1 Å². The summed E-state index contributed by atoms with van der Waals surface area (Å²) in [5, 5.41) is 0. The van der Waals surface area contributed by atoms with Crippen molar-refractivity contribution in [3.05, 3.63) is 0 Å². The minimum absolute atomic E-state index is 0.842. The zero-order valence-corrected chi connectivity index (χ0v) is 22.7. The van der Waals surface area contributed by atoms with Gasteiger partial charge in [-0.2, -0.15) is 0 Å². The fourth-order valence-corrected chi connectivity index (χ4v) is 4.95. The molecule has 188 valence electrons. The van der Waals surface area contributed by atoms with E-state index in [-0.39, 0.29) is 0 Å². The van der Waals surface area contributed by atoms with E-state index in [0.29, 0.717) is 0 Å². The van der Waals surface area contributed by atoms with E-state index in [0.717, 1.165) is 6.04 Å². The van der Waals surface area contributed by atoms with Gasteiger partial charge in [-0.05, 0) is 38.8 Å². The molecule has 0 heterocycles. The van der Waals surface area contributed by atoms with Gasteiger partial charge in [0, 0.05) is 6.04 Å². The van der Waals surface area contributed by atoms with Gasteiger partial charge in [0.1, 0.15) is 0 Å². The van der Waals surface area contributed by atoms with Gasteiger partial charge in [0.2, 0.25) is 0 Å². The van der Waals surface area contributed by atoms with Crippen LogP contribution >= 0.6 is 0 Å². The van der Waals surface area contributed by atoms with Gasteiger partial charge < -0.3 is 4.90 Å². The summed E-state index contributed by atoms with van der Waals surface area (Å²) in [7, 11) is 0. The van der Waals surface area contributed by atoms with E-state index in [2.05, 4.69) is 32.6 Å². The Morgan fingerprint density at radius 2 is 0.710 bits per heavy atom. The van der Waals surface area contributed by atoms with Crippen molar-refractivity contribution < 1.29 is 0 Å². The van der Waals surface area contributed by atoms with Crippen molar-refractivity contribution in [2.45, 2.75) is 181 Å². The molecule has 0 spiro atoms. The van der Waals surface area contributed by atoms with Crippen LogP contribution in [-0.2, 0) is 0 Å². The third-order valence-electron chi connectivity index (χ3n) is 7.23. The molecule has 1 unspecified atom stereocenters. The number of hydrogen-bond acceptors (Lipinski definition) is 1. The van der Waals surface area contributed by atoms with Gasteiger partial charge in [-0.3, -0.25) is 0 Å². The van der Waals surface area contributed by atoms with Crippen molar-refractivity contribution in [1.82, 2.24) is 4.90 Å². The number of nitrogens with zero attached hydrogens (tertiary/aromatic N) is 1. The standard InChI is InChI=1S/C30H63N/c1-5-9-12-13-14-15-16-17-18-19-20-21-22-23-24-25-26-27-30(8-4)31(28-10-6-2)29-11-7-3/h30H,5-29H2,1-4H3. The molecule has 0 bridgehead atoms. The Morgan fingerprint density at radius 1 is 0.387 bits per heavy atom. The highest BCUT2D eigenvalue weighted by Gasteiger charge is 2.15. The van der Waals surface area contributed by atoms with Gasteiger partial charge in [0.25, 0.3) is 0 Å². The molecule has 0 aromatic rings. The Balaban J connectivity index is 3.48. The van der Waals surface area contributed by atoms with E-state index in [4.69, 9.17) is 0 Å². The quantitative estimate of drug-likeness (QED) is 0.122. The fourth-order valence-electron chi connectivity index (χ4n) is 4.95. The average Bonchev–Trinajstić information content (AvgIpc) is 2.79. The largest absolute Gasteiger partial charge is 0.300 e. The summed E-state index contributed by atoms with van der Waals surface area (Å²) < 4.78 is 0. The molecule has 0 aliphatic carbocycles. The maximum Gasteiger partial charge on any atom is 0.00926 e. The Labute approximate surface area is 199 Å². The van der Waals surface area contributed by atoms with E-state index in [1.807, 2.05) is 0 Å². The van der Waals surface area contributed by atoms with Crippen molar-refractivity contribution in [2.24, 2.45) is 0 Å². The molecule has 0 N–H and O–H groups in total. The van der Waals surface area contributed by atoms with Crippen molar-refractivity contribution >= 4 is 0 Å². The molecule has 31 heavy (non-hydrogen) atoms. The smallest absolute Gasteiger partial charge is 0.00926 e. The molecular weight excluding hydrogens is 374 g/mol. The first-order chi connectivity index (χ1) is 15.3.